The van der Waals surface area contributed by atoms with Gasteiger partial charge in [-0.05, 0) is 31.4 Å². The number of nitrogens with one attached hydrogen (secondary N) is 1. The summed E-state index contributed by atoms with van der Waals surface area (Å²) in [6.45, 7) is 0.938. The molecule has 0 saturated carbocycles. The summed E-state index contributed by atoms with van der Waals surface area (Å²) >= 11 is 4.73. The van der Waals surface area contributed by atoms with Crippen LogP contribution in [0, 0.1) is 5.82 Å². The van der Waals surface area contributed by atoms with Crippen molar-refractivity contribution < 1.29 is 17.5 Å². The zero-order chi connectivity index (χ0) is 15.5. The molecule has 1 aromatic rings. The second-order valence-corrected chi connectivity index (χ2v) is 6.97. The Bertz CT molecular complexity index is 628. The molecule has 0 aliphatic carbocycles. The number of thiocarbonyl (C=S) groups is 1. The van der Waals surface area contributed by atoms with Crippen molar-refractivity contribution in [2.45, 2.75) is 30.3 Å². The Morgan fingerprint density at radius 1 is 1.52 bits per heavy atom. The number of benzene rings is 1. The van der Waals surface area contributed by atoms with Crippen LogP contribution in [0.15, 0.2) is 23.1 Å². The normalized spacial score (nSPS) is 18.8. The molecule has 8 heteroatoms. The van der Waals surface area contributed by atoms with E-state index in [0.717, 1.165) is 18.9 Å². The van der Waals surface area contributed by atoms with Crippen molar-refractivity contribution in [3.05, 3.63) is 29.6 Å². The van der Waals surface area contributed by atoms with Gasteiger partial charge in [0.1, 0.15) is 10.8 Å². The maximum absolute atomic E-state index is 13.7. The lowest BCUT2D eigenvalue weighted by atomic mass is 10.2. The van der Waals surface area contributed by atoms with Crippen LogP contribution >= 0.6 is 12.2 Å². The van der Waals surface area contributed by atoms with E-state index < -0.39 is 15.8 Å². The van der Waals surface area contributed by atoms with Crippen LogP contribution in [-0.2, 0) is 14.8 Å². The summed E-state index contributed by atoms with van der Waals surface area (Å²) in [5, 5.41) is 0. The monoisotopic (exact) mass is 332 g/mol. The number of sulfonamides is 1. The summed E-state index contributed by atoms with van der Waals surface area (Å²) in [6.07, 6.45) is 2.58. The van der Waals surface area contributed by atoms with Crippen molar-refractivity contribution in [2.24, 2.45) is 5.73 Å². The molecule has 0 radical (unpaired) electrons. The maximum atomic E-state index is 13.7. The Morgan fingerprint density at radius 2 is 2.29 bits per heavy atom. The van der Waals surface area contributed by atoms with Gasteiger partial charge in [0.05, 0.1) is 16.6 Å². The summed E-state index contributed by atoms with van der Waals surface area (Å²) in [5.41, 5.74) is 5.17. The van der Waals surface area contributed by atoms with Gasteiger partial charge in [-0.1, -0.05) is 18.3 Å². The highest BCUT2D eigenvalue weighted by Crippen LogP contribution is 2.19. The molecule has 21 heavy (non-hydrogen) atoms. The molecule has 3 N–H and O–H groups in total. The van der Waals surface area contributed by atoms with Crippen molar-refractivity contribution in [3.8, 4) is 0 Å². The first-order valence-electron chi connectivity index (χ1n) is 6.61. The number of hydrogen-bond donors (Lipinski definition) is 2. The molecule has 1 saturated heterocycles. The van der Waals surface area contributed by atoms with Crippen LogP contribution in [0.2, 0.25) is 0 Å². The van der Waals surface area contributed by atoms with Gasteiger partial charge >= 0.3 is 0 Å². The summed E-state index contributed by atoms with van der Waals surface area (Å²) in [4.78, 5) is -0.519. The largest absolute Gasteiger partial charge is 0.389 e. The zero-order valence-electron chi connectivity index (χ0n) is 11.3. The van der Waals surface area contributed by atoms with E-state index in [2.05, 4.69) is 4.72 Å². The van der Waals surface area contributed by atoms with E-state index in [4.69, 9.17) is 22.7 Å². The van der Waals surface area contributed by atoms with Crippen LogP contribution in [0.5, 0.6) is 0 Å². The molecule has 1 aliphatic heterocycles. The lowest BCUT2D eigenvalue weighted by molar-refractivity contribution is 0.105. The van der Waals surface area contributed by atoms with Gasteiger partial charge in [0.25, 0.3) is 0 Å². The summed E-state index contributed by atoms with van der Waals surface area (Å²) in [6, 6.07) is 3.72. The molecule has 0 bridgehead atoms. The summed E-state index contributed by atoms with van der Waals surface area (Å²) in [5.74, 6) is -0.746. The van der Waals surface area contributed by atoms with E-state index >= 15 is 0 Å². The summed E-state index contributed by atoms with van der Waals surface area (Å²) in [7, 11) is -3.86. The molecule has 0 spiro atoms. The lowest BCUT2D eigenvalue weighted by Gasteiger charge is -2.13. The lowest BCUT2D eigenvalue weighted by Crippen LogP contribution is -2.29. The predicted molar refractivity (Wildman–Crippen MR) is 81.1 cm³/mol. The minimum absolute atomic E-state index is 0.0789. The van der Waals surface area contributed by atoms with Crippen LogP contribution < -0.4 is 10.5 Å². The fourth-order valence-electron chi connectivity index (χ4n) is 2.27. The fourth-order valence-corrected chi connectivity index (χ4v) is 3.82. The van der Waals surface area contributed by atoms with E-state index in [0.29, 0.717) is 13.0 Å². The molecule has 1 atom stereocenters. The summed E-state index contributed by atoms with van der Waals surface area (Å²) < 4.78 is 46.1. The third kappa shape index (κ3) is 3.97. The average Bonchev–Trinajstić information content (AvgIpc) is 2.91. The third-order valence-corrected chi connectivity index (χ3v) is 5.00. The van der Waals surface area contributed by atoms with Crippen molar-refractivity contribution in [3.63, 3.8) is 0 Å². The maximum Gasteiger partial charge on any atom is 0.241 e. The van der Waals surface area contributed by atoms with Crippen LogP contribution in [0.3, 0.4) is 0 Å². The smallest absolute Gasteiger partial charge is 0.241 e. The third-order valence-electron chi connectivity index (χ3n) is 3.29. The number of hydrogen-bond acceptors (Lipinski definition) is 4. The van der Waals surface area contributed by atoms with Gasteiger partial charge < -0.3 is 10.5 Å². The molecule has 1 unspecified atom stereocenters. The van der Waals surface area contributed by atoms with Crippen LogP contribution in [0.25, 0.3) is 0 Å². The SMILES string of the molecule is NC(=S)c1c(F)cccc1S(=O)(=O)NCCC1CCCO1. The van der Waals surface area contributed by atoms with Crippen molar-refractivity contribution in [1.29, 1.82) is 0 Å². The number of nitrogens with two attached hydrogens (primary N) is 1. The van der Waals surface area contributed by atoms with Gasteiger partial charge in [-0.25, -0.2) is 17.5 Å². The molecule has 1 heterocycles. The van der Waals surface area contributed by atoms with Crippen LogP contribution in [0.4, 0.5) is 4.39 Å². The first-order valence-corrected chi connectivity index (χ1v) is 8.50. The molecule has 0 amide bonds. The second-order valence-electron chi connectivity index (χ2n) is 4.80. The topological polar surface area (TPSA) is 81.4 Å². The Morgan fingerprint density at radius 3 is 2.90 bits per heavy atom. The molecule has 2 rings (SSSR count). The van der Waals surface area contributed by atoms with Crippen molar-refractivity contribution >= 4 is 27.2 Å². The second kappa shape index (κ2) is 6.78. The van der Waals surface area contributed by atoms with Gasteiger partial charge in [0.2, 0.25) is 10.0 Å². The van der Waals surface area contributed by atoms with Gasteiger partial charge in [-0.3, -0.25) is 0 Å². The molecule has 1 aromatic carbocycles. The molecular weight excluding hydrogens is 315 g/mol. The van der Waals surface area contributed by atoms with Gasteiger partial charge in [-0.15, -0.1) is 0 Å². The van der Waals surface area contributed by atoms with Crippen LogP contribution in [0.1, 0.15) is 24.8 Å². The highest BCUT2D eigenvalue weighted by atomic mass is 32.2. The molecule has 0 aromatic heterocycles. The molecular formula is C13H17FN2O3S2. The quantitative estimate of drug-likeness (QED) is 0.768. The Kier molecular flexibility index (Phi) is 5.26. The number of rotatable bonds is 6. The van der Waals surface area contributed by atoms with Gasteiger partial charge in [0, 0.05) is 13.2 Å². The Balaban J connectivity index is 2.12. The first kappa shape index (κ1) is 16.3. The van der Waals surface area contributed by atoms with Gasteiger partial charge in [0.15, 0.2) is 0 Å². The number of ether oxygens (including phenoxy) is 1. The molecule has 1 aliphatic rings. The van der Waals surface area contributed by atoms with E-state index in [-0.39, 0.29) is 28.1 Å². The fraction of sp³-hybridized carbons (Fsp3) is 0.462. The van der Waals surface area contributed by atoms with E-state index in [1.54, 1.807) is 0 Å². The molecule has 116 valence electrons. The van der Waals surface area contributed by atoms with Crippen LogP contribution in [-0.4, -0.2) is 32.7 Å². The first-order chi connectivity index (χ1) is 9.92. The Labute approximate surface area is 128 Å². The van der Waals surface area contributed by atoms with E-state index in [9.17, 15) is 12.8 Å². The Hall–Kier alpha value is -1.09. The highest BCUT2D eigenvalue weighted by molar-refractivity contribution is 7.89. The minimum Gasteiger partial charge on any atom is -0.389 e. The highest BCUT2D eigenvalue weighted by Gasteiger charge is 2.23. The predicted octanol–water partition coefficient (Wildman–Crippen LogP) is 1.31. The van der Waals surface area contributed by atoms with E-state index in [1.165, 1.54) is 12.1 Å². The van der Waals surface area contributed by atoms with Crippen molar-refractivity contribution in [2.75, 3.05) is 13.2 Å². The van der Waals surface area contributed by atoms with Gasteiger partial charge in [-0.2, -0.15) is 0 Å². The molecule has 1 fully saturated rings. The van der Waals surface area contributed by atoms with E-state index in [1.807, 2.05) is 0 Å². The average molecular weight is 332 g/mol. The molecule has 5 nitrogen and oxygen atoms in total. The standard InChI is InChI=1S/C13H17FN2O3S2/c14-10-4-1-5-11(12(10)13(15)20)21(17,18)16-7-6-9-3-2-8-19-9/h1,4-5,9,16H,2-3,6-8H2,(H2,15,20). The minimum atomic E-state index is -3.86. The number of halogens is 1. The zero-order valence-corrected chi connectivity index (χ0v) is 13.0. The van der Waals surface area contributed by atoms with Crippen molar-refractivity contribution in [1.82, 2.24) is 4.72 Å².